The second-order valence-corrected chi connectivity index (χ2v) is 2.81. The molecule has 0 bridgehead atoms. The highest BCUT2D eigenvalue weighted by atomic mass is 16.5. The van der Waals surface area contributed by atoms with Gasteiger partial charge < -0.3 is 14.6 Å². The highest BCUT2D eigenvalue weighted by molar-refractivity contribution is 5.39. The zero-order chi connectivity index (χ0) is 9.68. The van der Waals surface area contributed by atoms with Crippen molar-refractivity contribution in [3.8, 4) is 11.5 Å². The van der Waals surface area contributed by atoms with Crippen molar-refractivity contribution in [2.45, 2.75) is 13.0 Å². The van der Waals surface area contributed by atoms with Crippen molar-refractivity contribution < 1.29 is 14.6 Å². The molecular weight excluding hydrogens is 168 g/mol. The van der Waals surface area contributed by atoms with Crippen molar-refractivity contribution in [2.75, 3.05) is 13.7 Å². The highest BCUT2D eigenvalue weighted by Gasteiger charge is 2.03. The predicted molar refractivity (Wildman–Crippen MR) is 50.2 cm³/mol. The molecule has 0 aromatic heterocycles. The van der Waals surface area contributed by atoms with Crippen molar-refractivity contribution in [3.63, 3.8) is 0 Å². The number of aliphatic hydroxyl groups is 1. The first-order valence-corrected chi connectivity index (χ1v) is 4.18. The van der Waals surface area contributed by atoms with E-state index in [1.165, 1.54) is 0 Å². The van der Waals surface area contributed by atoms with E-state index >= 15 is 0 Å². The van der Waals surface area contributed by atoms with Crippen LogP contribution in [-0.4, -0.2) is 24.9 Å². The van der Waals surface area contributed by atoms with E-state index in [-0.39, 0.29) is 6.61 Å². The Labute approximate surface area is 77.9 Å². The summed E-state index contributed by atoms with van der Waals surface area (Å²) in [5.74, 6) is 1.34. The van der Waals surface area contributed by atoms with Crippen LogP contribution in [0.5, 0.6) is 11.5 Å². The van der Waals surface area contributed by atoms with E-state index in [2.05, 4.69) is 0 Å². The summed E-state index contributed by atoms with van der Waals surface area (Å²) in [6.07, 6.45) is -0.468. The molecule has 1 atom stereocenters. The van der Waals surface area contributed by atoms with Crippen LogP contribution < -0.4 is 9.47 Å². The van der Waals surface area contributed by atoms with E-state index in [9.17, 15) is 0 Å². The number of benzene rings is 1. The third kappa shape index (κ3) is 2.95. The van der Waals surface area contributed by atoms with Crippen LogP contribution in [0.15, 0.2) is 24.3 Å². The Morgan fingerprint density at radius 2 is 1.92 bits per heavy atom. The first-order valence-electron chi connectivity index (χ1n) is 4.18. The molecule has 0 aliphatic carbocycles. The van der Waals surface area contributed by atoms with E-state index in [1.54, 1.807) is 20.1 Å². The van der Waals surface area contributed by atoms with E-state index in [1.807, 2.05) is 18.2 Å². The Balaban J connectivity index is 2.64. The summed E-state index contributed by atoms with van der Waals surface area (Å²) in [6, 6.07) is 7.35. The summed E-state index contributed by atoms with van der Waals surface area (Å²) in [7, 11) is 1.59. The average Bonchev–Trinajstić information content (AvgIpc) is 2.15. The summed E-state index contributed by atoms with van der Waals surface area (Å²) in [6.45, 7) is 1.95. The van der Waals surface area contributed by atoms with E-state index < -0.39 is 6.10 Å². The summed E-state index contributed by atoms with van der Waals surface area (Å²) >= 11 is 0. The lowest BCUT2D eigenvalue weighted by Crippen LogP contribution is -2.13. The first kappa shape index (κ1) is 9.86. The standard InChI is InChI=1S/C10H14O3/c1-8(11)7-13-10-6-4-3-5-9(10)12-2/h3-6,8,11H,7H2,1-2H3. The van der Waals surface area contributed by atoms with Crippen LogP contribution in [-0.2, 0) is 0 Å². The van der Waals surface area contributed by atoms with Crippen molar-refractivity contribution in [3.05, 3.63) is 24.3 Å². The molecule has 1 aromatic rings. The van der Waals surface area contributed by atoms with E-state index in [4.69, 9.17) is 14.6 Å². The summed E-state index contributed by atoms with van der Waals surface area (Å²) in [4.78, 5) is 0. The first-order chi connectivity index (χ1) is 6.24. The van der Waals surface area contributed by atoms with Gasteiger partial charge in [-0.2, -0.15) is 0 Å². The third-order valence-electron chi connectivity index (χ3n) is 1.55. The largest absolute Gasteiger partial charge is 0.493 e. The normalized spacial score (nSPS) is 12.2. The maximum absolute atomic E-state index is 9.01. The summed E-state index contributed by atoms with van der Waals surface area (Å²) in [5, 5.41) is 9.01. The van der Waals surface area contributed by atoms with Crippen molar-refractivity contribution in [1.82, 2.24) is 0 Å². The minimum absolute atomic E-state index is 0.278. The van der Waals surface area contributed by atoms with Gasteiger partial charge in [0, 0.05) is 0 Å². The van der Waals surface area contributed by atoms with Crippen LogP contribution in [0.1, 0.15) is 6.92 Å². The topological polar surface area (TPSA) is 38.7 Å². The Hall–Kier alpha value is -1.22. The minimum Gasteiger partial charge on any atom is -0.493 e. The lowest BCUT2D eigenvalue weighted by atomic mass is 10.3. The molecule has 3 nitrogen and oxygen atoms in total. The fourth-order valence-electron chi connectivity index (χ4n) is 0.948. The van der Waals surface area contributed by atoms with Gasteiger partial charge in [0.25, 0.3) is 0 Å². The predicted octanol–water partition coefficient (Wildman–Crippen LogP) is 1.45. The van der Waals surface area contributed by atoms with Gasteiger partial charge in [0.1, 0.15) is 6.61 Å². The molecular formula is C10H14O3. The maximum atomic E-state index is 9.01. The zero-order valence-corrected chi connectivity index (χ0v) is 7.86. The molecule has 0 aliphatic rings. The van der Waals surface area contributed by atoms with Crippen LogP contribution in [0.3, 0.4) is 0 Å². The van der Waals surface area contributed by atoms with Crippen LogP contribution in [0.2, 0.25) is 0 Å². The molecule has 0 saturated heterocycles. The Bertz CT molecular complexity index is 258. The molecule has 1 unspecified atom stereocenters. The molecule has 0 heterocycles. The lowest BCUT2D eigenvalue weighted by molar-refractivity contribution is 0.120. The van der Waals surface area contributed by atoms with Gasteiger partial charge in [0.2, 0.25) is 0 Å². The van der Waals surface area contributed by atoms with Crippen LogP contribution >= 0.6 is 0 Å². The van der Waals surface area contributed by atoms with Crippen molar-refractivity contribution >= 4 is 0 Å². The zero-order valence-electron chi connectivity index (χ0n) is 7.86. The van der Waals surface area contributed by atoms with Crippen LogP contribution in [0.25, 0.3) is 0 Å². The monoisotopic (exact) mass is 182 g/mol. The van der Waals surface area contributed by atoms with Gasteiger partial charge in [-0.1, -0.05) is 12.1 Å². The summed E-state index contributed by atoms with van der Waals surface area (Å²) in [5.41, 5.74) is 0. The molecule has 1 N–H and O–H groups in total. The molecule has 0 fully saturated rings. The maximum Gasteiger partial charge on any atom is 0.161 e. The average molecular weight is 182 g/mol. The fourth-order valence-corrected chi connectivity index (χ4v) is 0.948. The van der Waals surface area contributed by atoms with Crippen LogP contribution in [0.4, 0.5) is 0 Å². The van der Waals surface area contributed by atoms with Gasteiger partial charge in [-0.3, -0.25) is 0 Å². The number of aliphatic hydroxyl groups excluding tert-OH is 1. The van der Waals surface area contributed by atoms with Gasteiger partial charge in [-0.25, -0.2) is 0 Å². The quantitative estimate of drug-likeness (QED) is 0.766. The number of para-hydroxylation sites is 2. The number of rotatable bonds is 4. The molecule has 1 rings (SSSR count). The Kier molecular flexibility index (Phi) is 3.58. The number of methoxy groups -OCH3 is 1. The fraction of sp³-hybridized carbons (Fsp3) is 0.400. The van der Waals surface area contributed by atoms with Crippen molar-refractivity contribution in [2.24, 2.45) is 0 Å². The molecule has 0 amide bonds. The number of hydrogen-bond acceptors (Lipinski definition) is 3. The van der Waals surface area contributed by atoms with Gasteiger partial charge in [-0.15, -0.1) is 0 Å². The van der Waals surface area contributed by atoms with Gasteiger partial charge in [0.05, 0.1) is 13.2 Å². The second kappa shape index (κ2) is 4.72. The smallest absolute Gasteiger partial charge is 0.161 e. The molecule has 1 aromatic carbocycles. The SMILES string of the molecule is COc1ccccc1OCC(C)O. The third-order valence-corrected chi connectivity index (χ3v) is 1.55. The molecule has 0 aliphatic heterocycles. The molecule has 72 valence electrons. The van der Waals surface area contributed by atoms with Gasteiger partial charge >= 0.3 is 0 Å². The number of hydrogen-bond donors (Lipinski definition) is 1. The Morgan fingerprint density at radius 3 is 2.46 bits per heavy atom. The number of ether oxygens (including phenoxy) is 2. The van der Waals surface area contributed by atoms with E-state index in [0.29, 0.717) is 11.5 Å². The van der Waals surface area contributed by atoms with Gasteiger partial charge in [0.15, 0.2) is 11.5 Å². The summed E-state index contributed by atoms with van der Waals surface area (Å²) < 4.78 is 10.4. The van der Waals surface area contributed by atoms with Gasteiger partial charge in [-0.05, 0) is 19.1 Å². The highest BCUT2D eigenvalue weighted by Crippen LogP contribution is 2.25. The van der Waals surface area contributed by atoms with Crippen LogP contribution in [0, 0.1) is 0 Å². The molecule has 0 saturated carbocycles. The lowest BCUT2D eigenvalue weighted by Gasteiger charge is -2.11. The van der Waals surface area contributed by atoms with E-state index in [0.717, 1.165) is 0 Å². The molecule has 13 heavy (non-hydrogen) atoms. The van der Waals surface area contributed by atoms with Crippen molar-refractivity contribution in [1.29, 1.82) is 0 Å². The Morgan fingerprint density at radius 1 is 1.31 bits per heavy atom. The molecule has 0 radical (unpaired) electrons. The minimum atomic E-state index is -0.468. The molecule has 3 heteroatoms. The molecule has 0 spiro atoms. The second-order valence-electron chi connectivity index (χ2n) is 2.81.